The van der Waals surface area contributed by atoms with Crippen LogP contribution in [0.15, 0.2) is 44.8 Å². The third-order valence-electron chi connectivity index (χ3n) is 2.83. The Morgan fingerprint density at radius 2 is 2.14 bits per heavy atom. The van der Waals surface area contributed by atoms with Gasteiger partial charge in [-0.2, -0.15) is 5.26 Å². The number of halogens is 1. The van der Waals surface area contributed by atoms with Gasteiger partial charge in [0.2, 0.25) is 0 Å². The molecule has 1 amide bonds. The number of nitriles is 1. The standard InChI is InChI=1S/C16H13BrN2O2/c1-10-6-12(11(2)21-10)7-13(9-18)16(20)19-15-5-3-4-14(17)8-15/h3-8H,1-2H3,(H,19,20)/b13-7-. The van der Waals surface area contributed by atoms with Gasteiger partial charge in [-0.05, 0) is 44.2 Å². The monoisotopic (exact) mass is 344 g/mol. The lowest BCUT2D eigenvalue weighted by molar-refractivity contribution is -0.112. The van der Waals surface area contributed by atoms with Gasteiger partial charge in [0, 0.05) is 15.7 Å². The molecule has 2 rings (SSSR count). The summed E-state index contributed by atoms with van der Waals surface area (Å²) in [5, 5.41) is 11.9. The lowest BCUT2D eigenvalue weighted by Gasteiger charge is -2.04. The molecule has 0 fully saturated rings. The molecule has 5 heteroatoms. The predicted molar refractivity (Wildman–Crippen MR) is 84.5 cm³/mol. The molecular weight excluding hydrogens is 332 g/mol. The number of aryl methyl sites for hydroxylation is 2. The molecule has 0 unspecified atom stereocenters. The molecule has 1 heterocycles. The van der Waals surface area contributed by atoms with Gasteiger partial charge < -0.3 is 9.73 Å². The number of nitrogens with one attached hydrogen (secondary N) is 1. The largest absolute Gasteiger partial charge is 0.466 e. The number of hydrogen-bond acceptors (Lipinski definition) is 3. The number of nitrogens with zero attached hydrogens (tertiary/aromatic N) is 1. The summed E-state index contributed by atoms with van der Waals surface area (Å²) < 4.78 is 6.23. The van der Waals surface area contributed by atoms with E-state index in [9.17, 15) is 4.79 Å². The molecule has 1 aromatic carbocycles. The van der Waals surface area contributed by atoms with E-state index in [1.807, 2.05) is 19.1 Å². The van der Waals surface area contributed by atoms with E-state index in [4.69, 9.17) is 9.68 Å². The number of amides is 1. The van der Waals surface area contributed by atoms with Crippen molar-refractivity contribution in [3.05, 3.63) is 57.5 Å². The van der Waals surface area contributed by atoms with Gasteiger partial charge in [0.15, 0.2) is 0 Å². The number of furan rings is 1. The van der Waals surface area contributed by atoms with Crippen molar-refractivity contribution in [2.75, 3.05) is 5.32 Å². The normalized spacial score (nSPS) is 11.0. The molecule has 0 saturated carbocycles. The number of anilines is 1. The fourth-order valence-electron chi connectivity index (χ4n) is 1.86. The topological polar surface area (TPSA) is 66.0 Å². The van der Waals surface area contributed by atoms with Crippen LogP contribution in [0, 0.1) is 25.2 Å². The first-order valence-corrected chi connectivity index (χ1v) is 7.04. The van der Waals surface area contributed by atoms with Crippen LogP contribution in [0.4, 0.5) is 5.69 Å². The van der Waals surface area contributed by atoms with E-state index >= 15 is 0 Å². The summed E-state index contributed by atoms with van der Waals surface area (Å²) in [4.78, 5) is 12.1. The zero-order chi connectivity index (χ0) is 15.4. The van der Waals surface area contributed by atoms with Crippen molar-refractivity contribution in [2.45, 2.75) is 13.8 Å². The Balaban J connectivity index is 2.23. The van der Waals surface area contributed by atoms with Crippen LogP contribution in [0.1, 0.15) is 17.1 Å². The zero-order valence-corrected chi connectivity index (χ0v) is 13.2. The van der Waals surface area contributed by atoms with E-state index in [0.29, 0.717) is 11.4 Å². The summed E-state index contributed by atoms with van der Waals surface area (Å²) in [6, 6.07) is 10.9. The van der Waals surface area contributed by atoms with E-state index in [1.165, 1.54) is 6.08 Å². The summed E-state index contributed by atoms with van der Waals surface area (Å²) in [5.41, 5.74) is 1.38. The van der Waals surface area contributed by atoms with Crippen molar-refractivity contribution in [1.29, 1.82) is 5.26 Å². The van der Waals surface area contributed by atoms with Gasteiger partial charge >= 0.3 is 0 Å². The minimum atomic E-state index is -0.450. The maximum absolute atomic E-state index is 12.1. The number of carbonyl (C=O) groups is 1. The molecule has 0 bridgehead atoms. The first-order valence-electron chi connectivity index (χ1n) is 6.25. The van der Waals surface area contributed by atoms with Gasteiger partial charge in [-0.1, -0.05) is 22.0 Å². The highest BCUT2D eigenvalue weighted by molar-refractivity contribution is 9.10. The average Bonchev–Trinajstić information content (AvgIpc) is 2.74. The van der Waals surface area contributed by atoms with E-state index in [-0.39, 0.29) is 5.57 Å². The maximum atomic E-state index is 12.1. The molecule has 0 aliphatic carbocycles. The van der Waals surface area contributed by atoms with Crippen LogP contribution >= 0.6 is 15.9 Å². The second-order valence-electron chi connectivity index (χ2n) is 4.50. The number of benzene rings is 1. The van der Waals surface area contributed by atoms with Crippen LogP contribution in [-0.4, -0.2) is 5.91 Å². The molecule has 2 aromatic rings. The fourth-order valence-corrected chi connectivity index (χ4v) is 2.26. The Hall–Kier alpha value is -2.32. The molecule has 0 radical (unpaired) electrons. The van der Waals surface area contributed by atoms with Gasteiger partial charge in [-0.3, -0.25) is 4.79 Å². The smallest absolute Gasteiger partial charge is 0.266 e. The number of carbonyl (C=O) groups excluding carboxylic acids is 1. The SMILES string of the molecule is Cc1cc(/C=C(/C#N)C(=O)Nc2cccc(Br)c2)c(C)o1. The minimum Gasteiger partial charge on any atom is -0.466 e. The second-order valence-corrected chi connectivity index (χ2v) is 5.42. The summed E-state index contributed by atoms with van der Waals surface area (Å²) in [6.45, 7) is 3.61. The Morgan fingerprint density at radius 3 is 2.71 bits per heavy atom. The molecule has 21 heavy (non-hydrogen) atoms. The first kappa shape index (κ1) is 15.1. The van der Waals surface area contributed by atoms with Crippen LogP contribution in [-0.2, 0) is 4.79 Å². The summed E-state index contributed by atoms with van der Waals surface area (Å²) in [6.07, 6.45) is 1.53. The minimum absolute atomic E-state index is 0.0267. The molecule has 0 atom stereocenters. The fraction of sp³-hybridized carbons (Fsp3) is 0.125. The average molecular weight is 345 g/mol. The molecule has 0 aliphatic heterocycles. The third kappa shape index (κ3) is 3.83. The van der Waals surface area contributed by atoms with Crippen LogP contribution in [0.2, 0.25) is 0 Å². The highest BCUT2D eigenvalue weighted by Crippen LogP contribution is 2.19. The van der Waals surface area contributed by atoms with Crippen molar-refractivity contribution < 1.29 is 9.21 Å². The molecule has 1 aromatic heterocycles. The van der Waals surface area contributed by atoms with Crippen LogP contribution in [0.25, 0.3) is 6.08 Å². The van der Waals surface area contributed by atoms with Crippen molar-refractivity contribution in [2.24, 2.45) is 0 Å². The van der Waals surface area contributed by atoms with Crippen molar-refractivity contribution in [3.8, 4) is 6.07 Å². The number of rotatable bonds is 3. The van der Waals surface area contributed by atoms with Crippen LogP contribution in [0.5, 0.6) is 0 Å². The highest BCUT2D eigenvalue weighted by Gasteiger charge is 2.11. The van der Waals surface area contributed by atoms with Crippen molar-refractivity contribution in [3.63, 3.8) is 0 Å². The highest BCUT2D eigenvalue weighted by atomic mass is 79.9. The van der Waals surface area contributed by atoms with E-state index in [0.717, 1.165) is 15.8 Å². The van der Waals surface area contributed by atoms with E-state index in [2.05, 4.69) is 21.2 Å². The van der Waals surface area contributed by atoms with Crippen LogP contribution < -0.4 is 5.32 Å². The Bertz CT molecular complexity index is 754. The molecule has 106 valence electrons. The Labute approximate surface area is 131 Å². The maximum Gasteiger partial charge on any atom is 0.266 e. The lowest BCUT2D eigenvalue weighted by atomic mass is 10.1. The first-order chi connectivity index (χ1) is 9.99. The predicted octanol–water partition coefficient (Wildman–Crippen LogP) is 4.20. The second kappa shape index (κ2) is 6.42. The van der Waals surface area contributed by atoms with E-state index < -0.39 is 5.91 Å². The lowest BCUT2D eigenvalue weighted by Crippen LogP contribution is -2.13. The van der Waals surface area contributed by atoms with Crippen LogP contribution in [0.3, 0.4) is 0 Å². The van der Waals surface area contributed by atoms with Gasteiger partial charge in [0.05, 0.1) is 0 Å². The van der Waals surface area contributed by atoms with Gasteiger partial charge in [0.1, 0.15) is 23.2 Å². The molecule has 0 aliphatic rings. The third-order valence-corrected chi connectivity index (χ3v) is 3.32. The Morgan fingerprint density at radius 1 is 1.38 bits per heavy atom. The molecule has 0 saturated heterocycles. The van der Waals surface area contributed by atoms with Gasteiger partial charge in [-0.25, -0.2) is 0 Å². The van der Waals surface area contributed by atoms with Gasteiger partial charge in [0.25, 0.3) is 5.91 Å². The quantitative estimate of drug-likeness (QED) is 0.670. The van der Waals surface area contributed by atoms with Crippen molar-refractivity contribution in [1.82, 2.24) is 0 Å². The van der Waals surface area contributed by atoms with Crippen molar-refractivity contribution >= 4 is 33.6 Å². The summed E-state index contributed by atoms with van der Waals surface area (Å²) in [5.74, 6) is 0.966. The van der Waals surface area contributed by atoms with E-state index in [1.54, 1.807) is 31.2 Å². The van der Waals surface area contributed by atoms with Gasteiger partial charge in [-0.15, -0.1) is 0 Å². The molecule has 4 nitrogen and oxygen atoms in total. The molecular formula is C16H13BrN2O2. The molecule has 0 spiro atoms. The summed E-state index contributed by atoms with van der Waals surface area (Å²) in [7, 11) is 0. The number of hydrogen-bond donors (Lipinski definition) is 1. The zero-order valence-electron chi connectivity index (χ0n) is 11.6. The molecule has 1 N–H and O–H groups in total. The Kier molecular flexibility index (Phi) is 4.61. The summed E-state index contributed by atoms with van der Waals surface area (Å²) >= 11 is 3.33.